The molecule has 22 heavy (non-hydrogen) atoms. The van der Waals surface area contributed by atoms with Crippen molar-refractivity contribution < 1.29 is 28.9 Å². The van der Waals surface area contributed by atoms with Crippen LogP contribution >= 0.6 is 0 Å². The van der Waals surface area contributed by atoms with Gasteiger partial charge in [0.1, 0.15) is 0 Å². The first-order valence-corrected chi connectivity index (χ1v) is 6.67. The van der Waals surface area contributed by atoms with Crippen LogP contribution < -0.4 is 14.2 Å². The van der Waals surface area contributed by atoms with Gasteiger partial charge in [-0.15, -0.1) is 0 Å². The Morgan fingerprint density at radius 2 is 1.64 bits per heavy atom. The van der Waals surface area contributed by atoms with Crippen molar-refractivity contribution in [2.24, 2.45) is 0 Å². The second-order valence-electron chi connectivity index (χ2n) is 4.67. The lowest BCUT2D eigenvalue weighted by atomic mass is 10.1. The first-order chi connectivity index (χ1) is 10.4. The zero-order valence-electron chi connectivity index (χ0n) is 13.2. The minimum Gasteiger partial charge on any atom is -0.493 e. The van der Waals surface area contributed by atoms with Gasteiger partial charge in [-0.1, -0.05) is 0 Å². The quantitative estimate of drug-likeness (QED) is 0.776. The Bertz CT molecular complexity index is 518. The third-order valence-electron chi connectivity index (χ3n) is 3.17. The summed E-state index contributed by atoms with van der Waals surface area (Å²) >= 11 is 0. The first-order valence-electron chi connectivity index (χ1n) is 6.67. The molecule has 0 aliphatic heterocycles. The highest BCUT2D eigenvalue weighted by molar-refractivity contribution is 5.79. The van der Waals surface area contributed by atoms with E-state index in [1.165, 1.54) is 26.2 Å². The number of ether oxygens (including phenoxy) is 3. The topological polar surface area (TPSA) is 85.3 Å². The summed E-state index contributed by atoms with van der Waals surface area (Å²) in [5.74, 6) is 0.277. The number of aliphatic carboxylic acids is 1. The molecule has 0 aliphatic carbocycles. The number of nitrogens with zero attached hydrogens (tertiary/aromatic N) is 1. The SMILES string of the molecule is COc1cc(CC(=O)N(C)CCC(=O)O)cc(OC)c1OC. The van der Waals surface area contributed by atoms with Crippen molar-refractivity contribution in [2.75, 3.05) is 34.9 Å². The van der Waals surface area contributed by atoms with Gasteiger partial charge in [0.2, 0.25) is 11.7 Å². The molecule has 0 heterocycles. The summed E-state index contributed by atoms with van der Waals surface area (Å²) < 4.78 is 15.7. The van der Waals surface area contributed by atoms with Gasteiger partial charge >= 0.3 is 5.97 Å². The number of rotatable bonds is 8. The van der Waals surface area contributed by atoms with Crippen LogP contribution in [0.4, 0.5) is 0 Å². The van der Waals surface area contributed by atoms with E-state index in [2.05, 4.69) is 0 Å². The van der Waals surface area contributed by atoms with E-state index in [1.54, 1.807) is 19.2 Å². The highest BCUT2D eigenvalue weighted by Crippen LogP contribution is 2.38. The molecule has 1 aromatic carbocycles. The summed E-state index contributed by atoms with van der Waals surface area (Å²) in [6, 6.07) is 3.40. The number of hydrogen-bond acceptors (Lipinski definition) is 5. The fraction of sp³-hybridized carbons (Fsp3) is 0.467. The Labute approximate surface area is 129 Å². The fourth-order valence-electron chi connectivity index (χ4n) is 1.94. The zero-order chi connectivity index (χ0) is 16.7. The maximum atomic E-state index is 12.1. The zero-order valence-corrected chi connectivity index (χ0v) is 13.2. The second kappa shape index (κ2) is 8.11. The molecular weight excluding hydrogens is 290 g/mol. The molecular formula is C15H21NO6. The molecule has 0 saturated heterocycles. The van der Waals surface area contributed by atoms with E-state index in [4.69, 9.17) is 19.3 Å². The summed E-state index contributed by atoms with van der Waals surface area (Å²) in [7, 11) is 6.08. The van der Waals surface area contributed by atoms with Crippen molar-refractivity contribution in [3.63, 3.8) is 0 Å². The number of hydrogen-bond donors (Lipinski definition) is 1. The minimum atomic E-state index is -0.938. The molecule has 1 amide bonds. The van der Waals surface area contributed by atoms with Gasteiger partial charge in [-0.05, 0) is 17.7 Å². The van der Waals surface area contributed by atoms with Gasteiger partial charge in [0, 0.05) is 13.6 Å². The van der Waals surface area contributed by atoms with Crippen LogP contribution in [-0.2, 0) is 16.0 Å². The van der Waals surface area contributed by atoms with E-state index in [0.29, 0.717) is 22.8 Å². The smallest absolute Gasteiger partial charge is 0.305 e. The minimum absolute atomic E-state index is 0.0858. The molecule has 7 heteroatoms. The van der Waals surface area contributed by atoms with E-state index in [9.17, 15) is 9.59 Å². The third kappa shape index (κ3) is 4.54. The molecule has 0 aliphatic rings. The maximum Gasteiger partial charge on any atom is 0.305 e. The number of likely N-dealkylation sites (N-methyl/N-ethyl adjacent to an activating group) is 1. The number of methoxy groups -OCH3 is 3. The Balaban J connectivity index is 2.88. The molecule has 0 bridgehead atoms. The number of carboxylic acids is 1. The van der Waals surface area contributed by atoms with Crippen LogP contribution in [0.2, 0.25) is 0 Å². The Kier molecular flexibility index (Phi) is 6.49. The van der Waals surface area contributed by atoms with Crippen molar-refractivity contribution in [3.05, 3.63) is 17.7 Å². The normalized spacial score (nSPS) is 10.0. The molecule has 0 spiro atoms. The van der Waals surface area contributed by atoms with Crippen LogP contribution in [0.1, 0.15) is 12.0 Å². The van der Waals surface area contributed by atoms with E-state index in [-0.39, 0.29) is 25.3 Å². The van der Waals surface area contributed by atoms with Gasteiger partial charge in [-0.25, -0.2) is 0 Å². The number of benzene rings is 1. The molecule has 1 aromatic rings. The summed E-state index contributed by atoms with van der Waals surface area (Å²) in [5, 5.41) is 8.64. The summed E-state index contributed by atoms with van der Waals surface area (Å²) in [4.78, 5) is 24.0. The van der Waals surface area contributed by atoms with Crippen LogP contribution in [0.3, 0.4) is 0 Å². The molecule has 0 saturated carbocycles. The van der Waals surface area contributed by atoms with Crippen LogP contribution in [0, 0.1) is 0 Å². The van der Waals surface area contributed by atoms with Crippen LogP contribution in [0.15, 0.2) is 12.1 Å². The maximum absolute atomic E-state index is 12.1. The second-order valence-corrected chi connectivity index (χ2v) is 4.67. The van der Waals surface area contributed by atoms with Crippen LogP contribution in [-0.4, -0.2) is 56.8 Å². The van der Waals surface area contributed by atoms with Crippen molar-refractivity contribution in [2.45, 2.75) is 12.8 Å². The van der Waals surface area contributed by atoms with E-state index >= 15 is 0 Å². The lowest BCUT2D eigenvalue weighted by molar-refractivity contribution is -0.138. The van der Waals surface area contributed by atoms with E-state index in [1.807, 2.05) is 0 Å². The van der Waals surface area contributed by atoms with Gasteiger partial charge in [-0.3, -0.25) is 9.59 Å². The summed E-state index contributed by atoms with van der Waals surface area (Å²) in [6.07, 6.45) is 0.0321. The highest BCUT2D eigenvalue weighted by atomic mass is 16.5. The molecule has 7 nitrogen and oxygen atoms in total. The number of amides is 1. The largest absolute Gasteiger partial charge is 0.493 e. The average molecular weight is 311 g/mol. The summed E-state index contributed by atoms with van der Waals surface area (Å²) in [5.41, 5.74) is 0.696. The van der Waals surface area contributed by atoms with Gasteiger partial charge in [0.25, 0.3) is 0 Å². The van der Waals surface area contributed by atoms with Crippen molar-refractivity contribution in [3.8, 4) is 17.2 Å². The van der Waals surface area contributed by atoms with Gasteiger partial charge in [0.15, 0.2) is 11.5 Å². The predicted octanol–water partition coefficient (Wildman–Crippen LogP) is 1.19. The van der Waals surface area contributed by atoms with E-state index in [0.717, 1.165) is 0 Å². The Morgan fingerprint density at radius 1 is 1.09 bits per heavy atom. The first kappa shape index (κ1) is 17.6. The number of carbonyl (C=O) groups excluding carboxylic acids is 1. The fourth-order valence-corrected chi connectivity index (χ4v) is 1.94. The highest BCUT2D eigenvalue weighted by Gasteiger charge is 2.16. The molecule has 122 valence electrons. The van der Waals surface area contributed by atoms with Gasteiger partial charge < -0.3 is 24.2 Å². The standard InChI is InChI=1S/C15H21NO6/c1-16(6-5-14(18)19)13(17)9-10-7-11(20-2)15(22-4)12(8-10)21-3/h7-8H,5-6,9H2,1-4H3,(H,18,19). The van der Waals surface area contributed by atoms with Crippen LogP contribution in [0.5, 0.6) is 17.2 Å². The number of carboxylic acid groups (broad SMARTS) is 1. The van der Waals surface area contributed by atoms with E-state index < -0.39 is 5.97 Å². The molecule has 0 aromatic heterocycles. The van der Waals surface area contributed by atoms with Crippen molar-refractivity contribution in [1.82, 2.24) is 4.90 Å². The van der Waals surface area contributed by atoms with Crippen LogP contribution in [0.25, 0.3) is 0 Å². The molecule has 0 unspecified atom stereocenters. The van der Waals surface area contributed by atoms with Gasteiger partial charge in [0.05, 0.1) is 34.2 Å². The lowest BCUT2D eigenvalue weighted by Gasteiger charge is -2.17. The number of carbonyl (C=O) groups is 2. The van der Waals surface area contributed by atoms with Gasteiger partial charge in [-0.2, -0.15) is 0 Å². The Morgan fingerprint density at radius 3 is 2.05 bits per heavy atom. The average Bonchev–Trinajstić information content (AvgIpc) is 2.51. The predicted molar refractivity (Wildman–Crippen MR) is 79.7 cm³/mol. The summed E-state index contributed by atoms with van der Waals surface area (Å²) in [6.45, 7) is 0.165. The van der Waals surface area contributed by atoms with Crippen molar-refractivity contribution in [1.29, 1.82) is 0 Å². The van der Waals surface area contributed by atoms with Crippen molar-refractivity contribution >= 4 is 11.9 Å². The molecule has 1 N–H and O–H groups in total. The Hall–Kier alpha value is -2.44. The molecule has 0 radical (unpaired) electrons. The lowest BCUT2D eigenvalue weighted by Crippen LogP contribution is -2.30. The monoisotopic (exact) mass is 311 g/mol. The molecule has 0 fully saturated rings. The third-order valence-corrected chi connectivity index (χ3v) is 3.17. The molecule has 0 atom stereocenters. The molecule has 1 rings (SSSR count).